The number of rotatable bonds is 4. The summed E-state index contributed by atoms with van der Waals surface area (Å²) in [6.07, 6.45) is 2.90. The van der Waals surface area contributed by atoms with Crippen LogP contribution in [-0.4, -0.2) is 18.3 Å². The van der Waals surface area contributed by atoms with Gasteiger partial charge in [-0.1, -0.05) is 0 Å². The predicted octanol–water partition coefficient (Wildman–Crippen LogP) is 2.02. The van der Waals surface area contributed by atoms with Crippen molar-refractivity contribution in [1.82, 2.24) is 4.98 Å². The van der Waals surface area contributed by atoms with E-state index in [0.717, 1.165) is 6.20 Å². The standard InChI is InChI=1S/C8H10FNO2S/c1-11-8-3-6(5-12-13-2)7(9)4-10-8/h3-4H,5H2,1-2H3. The molecule has 0 bridgehead atoms. The van der Waals surface area contributed by atoms with Crippen LogP contribution in [0.2, 0.25) is 0 Å². The van der Waals surface area contributed by atoms with E-state index in [1.165, 1.54) is 25.2 Å². The van der Waals surface area contributed by atoms with Crippen LogP contribution in [0, 0.1) is 5.82 Å². The van der Waals surface area contributed by atoms with Crippen LogP contribution >= 0.6 is 12.0 Å². The van der Waals surface area contributed by atoms with Gasteiger partial charge in [-0.2, -0.15) is 0 Å². The lowest BCUT2D eigenvalue weighted by molar-refractivity contribution is 0.349. The van der Waals surface area contributed by atoms with Crippen LogP contribution < -0.4 is 4.74 Å². The number of halogens is 1. The maximum Gasteiger partial charge on any atom is 0.213 e. The summed E-state index contributed by atoms with van der Waals surface area (Å²) in [5.74, 6) is 0.0101. The molecule has 0 saturated carbocycles. The van der Waals surface area contributed by atoms with E-state index in [0.29, 0.717) is 11.4 Å². The van der Waals surface area contributed by atoms with Crippen molar-refractivity contribution >= 4 is 12.0 Å². The second-order valence-corrected chi connectivity index (χ2v) is 2.82. The van der Waals surface area contributed by atoms with Gasteiger partial charge in [-0.15, -0.1) is 0 Å². The lowest BCUT2D eigenvalue weighted by Crippen LogP contribution is -1.95. The summed E-state index contributed by atoms with van der Waals surface area (Å²) >= 11 is 1.19. The van der Waals surface area contributed by atoms with Crippen LogP contribution in [0.15, 0.2) is 12.3 Å². The zero-order chi connectivity index (χ0) is 9.68. The first kappa shape index (κ1) is 10.3. The second-order valence-electron chi connectivity index (χ2n) is 2.25. The Bertz CT molecular complexity index is 283. The summed E-state index contributed by atoms with van der Waals surface area (Å²) in [6, 6.07) is 1.52. The molecule has 3 nitrogen and oxygen atoms in total. The van der Waals surface area contributed by atoms with Gasteiger partial charge in [0.05, 0.1) is 19.9 Å². The number of hydrogen-bond donors (Lipinski definition) is 0. The van der Waals surface area contributed by atoms with Crippen molar-refractivity contribution in [2.45, 2.75) is 6.61 Å². The summed E-state index contributed by atoms with van der Waals surface area (Å²) in [6.45, 7) is 0.214. The number of aromatic nitrogens is 1. The van der Waals surface area contributed by atoms with E-state index in [2.05, 4.69) is 4.98 Å². The van der Waals surface area contributed by atoms with Crippen molar-refractivity contribution in [1.29, 1.82) is 0 Å². The molecule has 1 aromatic heterocycles. The molecule has 1 rings (SSSR count). The Morgan fingerprint density at radius 1 is 1.62 bits per heavy atom. The zero-order valence-corrected chi connectivity index (χ0v) is 8.23. The fourth-order valence-corrected chi connectivity index (χ4v) is 1.05. The molecule has 0 aliphatic carbocycles. The first-order valence-electron chi connectivity index (χ1n) is 3.62. The molecule has 0 atom stereocenters. The van der Waals surface area contributed by atoms with E-state index < -0.39 is 0 Å². The minimum Gasteiger partial charge on any atom is -0.481 e. The van der Waals surface area contributed by atoms with Gasteiger partial charge in [0, 0.05) is 17.9 Å². The highest BCUT2D eigenvalue weighted by Gasteiger charge is 2.04. The molecule has 72 valence electrons. The van der Waals surface area contributed by atoms with E-state index in [1.807, 2.05) is 0 Å². The normalized spacial score (nSPS) is 10.1. The van der Waals surface area contributed by atoms with Crippen LogP contribution in [0.25, 0.3) is 0 Å². The highest BCUT2D eigenvalue weighted by molar-refractivity contribution is 7.93. The third-order valence-corrected chi connectivity index (χ3v) is 1.80. The van der Waals surface area contributed by atoms with E-state index >= 15 is 0 Å². The zero-order valence-electron chi connectivity index (χ0n) is 7.41. The van der Waals surface area contributed by atoms with Gasteiger partial charge in [0.2, 0.25) is 5.88 Å². The van der Waals surface area contributed by atoms with Crippen molar-refractivity contribution < 1.29 is 13.3 Å². The fraction of sp³-hybridized carbons (Fsp3) is 0.375. The van der Waals surface area contributed by atoms with E-state index in [-0.39, 0.29) is 12.4 Å². The lowest BCUT2D eigenvalue weighted by atomic mass is 10.3. The van der Waals surface area contributed by atoms with Gasteiger partial charge in [-0.3, -0.25) is 0 Å². The minimum absolute atomic E-state index is 0.214. The van der Waals surface area contributed by atoms with Crippen LogP contribution in [-0.2, 0) is 10.8 Å². The van der Waals surface area contributed by atoms with Crippen LogP contribution in [0.1, 0.15) is 5.56 Å². The van der Waals surface area contributed by atoms with Crippen LogP contribution in [0.3, 0.4) is 0 Å². The number of nitrogens with zero attached hydrogens (tertiary/aromatic N) is 1. The highest BCUT2D eigenvalue weighted by atomic mass is 32.2. The maximum atomic E-state index is 13.0. The topological polar surface area (TPSA) is 31.4 Å². The maximum absolute atomic E-state index is 13.0. The monoisotopic (exact) mass is 203 g/mol. The molecule has 0 aliphatic heterocycles. The number of methoxy groups -OCH3 is 1. The fourth-order valence-electron chi connectivity index (χ4n) is 0.803. The second kappa shape index (κ2) is 5.04. The molecule has 0 unspecified atom stereocenters. The first-order valence-corrected chi connectivity index (χ1v) is 4.77. The Hall–Kier alpha value is -0.810. The van der Waals surface area contributed by atoms with Gasteiger partial charge in [0.1, 0.15) is 5.82 Å². The first-order chi connectivity index (χ1) is 6.27. The summed E-state index contributed by atoms with van der Waals surface area (Å²) in [7, 11) is 1.49. The molecule has 0 fully saturated rings. The molecular formula is C8H10FNO2S. The Morgan fingerprint density at radius 2 is 2.38 bits per heavy atom. The van der Waals surface area contributed by atoms with Gasteiger partial charge < -0.3 is 8.92 Å². The molecule has 0 radical (unpaired) electrons. The lowest BCUT2D eigenvalue weighted by Gasteiger charge is -2.03. The highest BCUT2D eigenvalue weighted by Crippen LogP contribution is 2.15. The van der Waals surface area contributed by atoms with Gasteiger partial charge in [0.15, 0.2) is 0 Å². The SMILES string of the molecule is COc1cc(COSC)c(F)cn1. The molecule has 13 heavy (non-hydrogen) atoms. The molecule has 0 spiro atoms. The molecule has 0 saturated heterocycles. The Kier molecular flexibility index (Phi) is 3.98. The molecule has 0 amide bonds. The Morgan fingerprint density at radius 3 is 3.00 bits per heavy atom. The van der Waals surface area contributed by atoms with Crippen LogP contribution in [0.5, 0.6) is 5.88 Å². The molecule has 0 aromatic carbocycles. The summed E-state index contributed by atoms with van der Waals surface area (Å²) in [4.78, 5) is 3.71. The van der Waals surface area contributed by atoms with Crippen molar-refractivity contribution in [3.05, 3.63) is 23.6 Å². The third kappa shape index (κ3) is 2.86. The predicted molar refractivity (Wildman–Crippen MR) is 49.1 cm³/mol. The molecule has 5 heteroatoms. The van der Waals surface area contributed by atoms with E-state index in [4.69, 9.17) is 8.92 Å². The Labute approximate surface area is 80.5 Å². The largest absolute Gasteiger partial charge is 0.481 e. The van der Waals surface area contributed by atoms with E-state index in [1.54, 1.807) is 6.26 Å². The van der Waals surface area contributed by atoms with Crippen molar-refractivity contribution in [3.63, 3.8) is 0 Å². The van der Waals surface area contributed by atoms with Crippen LogP contribution in [0.4, 0.5) is 4.39 Å². The third-order valence-electron chi connectivity index (χ3n) is 1.45. The van der Waals surface area contributed by atoms with E-state index in [9.17, 15) is 4.39 Å². The summed E-state index contributed by atoms with van der Waals surface area (Å²) < 4.78 is 22.9. The molecule has 1 heterocycles. The average Bonchev–Trinajstić information content (AvgIpc) is 2.17. The molecular weight excluding hydrogens is 193 g/mol. The molecule has 0 N–H and O–H groups in total. The van der Waals surface area contributed by atoms with Gasteiger partial charge in [-0.05, 0) is 12.0 Å². The quantitative estimate of drug-likeness (QED) is 0.701. The van der Waals surface area contributed by atoms with Crippen molar-refractivity contribution in [2.75, 3.05) is 13.4 Å². The van der Waals surface area contributed by atoms with Gasteiger partial charge >= 0.3 is 0 Å². The van der Waals surface area contributed by atoms with Gasteiger partial charge in [-0.25, -0.2) is 9.37 Å². The van der Waals surface area contributed by atoms with Crippen molar-refractivity contribution in [2.24, 2.45) is 0 Å². The number of ether oxygens (including phenoxy) is 1. The molecule has 1 aromatic rings. The summed E-state index contributed by atoms with van der Waals surface area (Å²) in [5, 5.41) is 0. The number of hydrogen-bond acceptors (Lipinski definition) is 4. The minimum atomic E-state index is -0.380. The average molecular weight is 203 g/mol. The van der Waals surface area contributed by atoms with Gasteiger partial charge in [0.25, 0.3) is 0 Å². The summed E-state index contributed by atoms with van der Waals surface area (Å²) in [5.41, 5.74) is 0.446. The molecule has 0 aliphatic rings. The van der Waals surface area contributed by atoms with Crippen molar-refractivity contribution in [3.8, 4) is 5.88 Å². The Balaban J connectivity index is 2.78. The number of pyridine rings is 1. The smallest absolute Gasteiger partial charge is 0.213 e.